The Kier molecular flexibility index (Phi) is 4.51. The number of carbonyl (C=O) groups is 1. The number of rotatable bonds is 3. The van der Waals surface area contributed by atoms with E-state index in [1.165, 1.54) is 23.9 Å². The summed E-state index contributed by atoms with van der Waals surface area (Å²) in [5.41, 5.74) is 2.18. The standard InChI is InChI=1S/C15H11ClN2O2S/c1-8-5-9(2)18-14(12(8)7-17)21-10-3-4-13(16)11(6-10)15(19)20/h3-6H,1-2H3,(H,19,20). The fourth-order valence-electron chi connectivity index (χ4n) is 1.86. The smallest absolute Gasteiger partial charge is 0.337 e. The van der Waals surface area contributed by atoms with Crippen LogP contribution in [-0.4, -0.2) is 16.1 Å². The highest BCUT2D eigenvalue weighted by molar-refractivity contribution is 7.99. The first kappa shape index (κ1) is 15.4. The Bertz CT molecular complexity index is 769. The molecule has 1 N–H and O–H groups in total. The van der Waals surface area contributed by atoms with Crippen molar-refractivity contribution in [1.29, 1.82) is 5.26 Å². The molecule has 0 spiro atoms. The highest BCUT2D eigenvalue weighted by atomic mass is 35.5. The van der Waals surface area contributed by atoms with Crippen molar-refractivity contribution < 1.29 is 9.90 Å². The van der Waals surface area contributed by atoms with Crippen LogP contribution in [0.25, 0.3) is 0 Å². The minimum absolute atomic E-state index is 0.0320. The number of nitriles is 1. The van der Waals surface area contributed by atoms with E-state index in [1.807, 2.05) is 19.9 Å². The molecule has 0 amide bonds. The van der Waals surface area contributed by atoms with Crippen LogP contribution < -0.4 is 0 Å². The third-order valence-corrected chi connectivity index (χ3v) is 4.11. The van der Waals surface area contributed by atoms with Crippen LogP contribution in [0.2, 0.25) is 5.02 Å². The Morgan fingerprint density at radius 3 is 2.71 bits per heavy atom. The van der Waals surface area contributed by atoms with E-state index in [1.54, 1.807) is 6.07 Å². The summed E-state index contributed by atoms with van der Waals surface area (Å²) in [4.78, 5) is 16.1. The number of aryl methyl sites for hydroxylation is 2. The van der Waals surface area contributed by atoms with Gasteiger partial charge in [0.25, 0.3) is 0 Å². The van der Waals surface area contributed by atoms with E-state index < -0.39 is 5.97 Å². The summed E-state index contributed by atoms with van der Waals surface area (Å²) in [5.74, 6) is -1.09. The number of nitrogens with zero attached hydrogens (tertiary/aromatic N) is 2. The molecule has 0 aliphatic rings. The Morgan fingerprint density at radius 2 is 2.10 bits per heavy atom. The molecule has 2 rings (SSSR count). The lowest BCUT2D eigenvalue weighted by atomic mass is 10.1. The Hall–Kier alpha value is -2.03. The molecular weight excluding hydrogens is 308 g/mol. The predicted molar refractivity (Wildman–Crippen MR) is 81.0 cm³/mol. The van der Waals surface area contributed by atoms with Crippen molar-refractivity contribution in [2.24, 2.45) is 0 Å². The molecule has 0 radical (unpaired) electrons. The molecule has 0 unspecified atom stereocenters. The summed E-state index contributed by atoms with van der Waals surface area (Å²) in [7, 11) is 0. The van der Waals surface area contributed by atoms with Crippen molar-refractivity contribution in [2.75, 3.05) is 0 Å². The van der Waals surface area contributed by atoms with Crippen LogP contribution in [0.15, 0.2) is 34.2 Å². The van der Waals surface area contributed by atoms with Gasteiger partial charge in [0.05, 0.1) is 16.1 Å². The molecule has 6 heteroatoms. The molecular formula is C15H11ClN2O2S. The average Bonchev–Trinajstić information content (AvgIpc) is 2.40. The average molecular weight is 319 g/mol. The van der Waals surface area contributed by atoms with Crippen molar-refractivity contribution >= 4 is 29.3 Å². The predicted octanol–water partition coefficient (Wildman–Crippen LogP) is 4.07. The van der Waals surface area contributed by atoms with Gasteiger partial charge in [-0.05, 0) is 43.7 Å². The van der Waals surface area contributed by atoms with E-state index in [9.17, 15) is 10.1 Å². The zero-order chi connectivity index (χ0) is 15.6. The minimum Gasteiger partial charge on any atom is -0.478 e. The van der Waals surface area contributed by atoms with Crippen LogP contribution in [-0.2, 0) is 0 Å². The Labute approximate surface area is 131 Å². The van der Waals surface area contributed by atoms with Gasteiger partial charge >= 0.3 is 5.97 Å². The van der Waals surface area contributed by atoms with Crippen LogP contribution in [0.4, 0.5) is 0 Å². The third kappa shape index (κ3) is 3.35. The lowest BCUT2D eigenvalue weighted by molar-refractivity contribution is 0.0697. The van der Waals surface area contributed by atoms with E-state index in [2.05, 4.69) is 11.1 Å². The van der Waals surface area contributed by atoms with E-state index in [0.717, 1.165) is 11.3 Å². The van der Waals surface area contributed by atoms with Crippen molar-refractivity contribution in [3.63, 3.8) is 0 Å². The fraction of sp³-hybridized carbons (Fsp3) is 0.133. The first-order valence-corrected chi connectivity index (χ1v) is 7.21. The number of carboxylic acid groups (broad SMARTS) is 1. The van der Waals surface area contributed by atoms with Crippen LogP contribution in [0.1, 0.15) is 27.2 Å². The second-order valence-corrected chi connectivity index (χ2v) is 5.89. The second kappa shape index (κ2) is 6.17. The van der Waals surface area contributed by atoms with Crippen molar-refractivity contribution in [2.45, 2.75) is 23.8 Å². The lowest BCUT2D eigenvalue weighted by Crippen LogP contribution is -1.98. The number of hydrogen-bond donors (Lipinski definition) is 1. The molecule has 4 nitrogen and oxygen atoms in total. The molecule has 1 aromatic carbocycles. The van der Waals surface area contributed by atoms with Crippen LogP contribution >= 0.6 is 23.4 Å². The first-order chi connectivity index (χ1) is 9.92. The maximum absolute atomic E-state index is 11.1. The molecule has 0 saturated heterocycles. The van der Waals surface area contributed by atoms with Gasteiger partial charge in [-0.15, -0.1) is 0 Å². The molecule has 1 heterocycles. The van der Waals surface area contributed by atoms with Crippen molar-refractivity contribution in [3.8, 4) is 6.07 Å². The van der Waals surface area contributed by atoms with Crippen molar-refractivity contribution in [3.05, 3.63) is 51.7 Å². The summed E-state index contributed by atoms with van der Waals surface area (Å²) in [6.07, 6.45) is 0. The normalized spacial score (nSPS) is 10.2. The summed E-state index contributed by atoms with van der Waals surface area (Å²) in [6, 6.07) is 8.69. The van der Waals surface area contributed by atoms with Gasteiger partial charge in [0.1, 0.15) is 11.1 Å². The Morgan fingerprint density at radius 1 is 1.38 bits per heavy atom. The van der Waals surface area contributed by atoms with Gasteiger partial charge < -0.3 is 5.11 Å². The van der Waals surface area contributed by atoms with Gasteiger partial charge in [-0.3, -0.25) is 0 Å². The molecule has 2 aromatic rings. The van der Waals surface area contributed by atoms with Gasteiger partial charge in [0.15, 0.2) is 0 Å². The molecule has 0 atom stereocenters. The zero-order valence-corrected chi connectivity index (χ0v) is 12.9. The first-order valence-electron chi connectivity index (χ1n) is 6.01. The molecule has 0 aliphatic carbocycles. The molecule has 0 fully saturated rings. The van der Waals surface area contributed by atoms with E-state index in [0.29, 0.717) is 15.5 Å². The summed E-state index contributed by atoms with van der Waals surface area (Å²) in [5, 5.41) is 19.1. The van der Waals surface area contributed by atoms with E-state index in [4.69, 9.17) is 16.7 Å². The lowest BCUT2D eigenvalue weighted by Gasteiger charge is -2.08. The maximum Gasteiger partial charge on any atom is 0.337 e. The molecule has 0 aliphatic heterocycles. The SMILES string of the molecule is Cc1cc(C)c(C#N)c(Sc2ccc(Cl)c(C(=O)O)c2)n1. The van der Waals surface area contributed by atoms with Crippen LogP contribution in [0, 0.1) is 25.2 Å². The van der Waals surface area contributed by atoms with Crippen molar-refractivity contribution in [1.82, 2.24) is 4.98 Å². The molecule has 106 valence electrons. The molecule has 21 heavy (non-hydrogen) atoms. The number of carboxylic acids is 1. The molecule has 0 saturated carbocycles. The van der Waals surface area contributed by atoms with E-state index >= 15 is 0 Å². The summed E-state index contributed by atoms with van der Waals surface area (Å²) < 4.78 is 0. The number of pyridine rings is 1. The number of aromatic carboxylic acids is 1. The van der Waals surface area contributed by atoms with Crippen LogP contribution in [0.5, 0.6) is 0 Å². The third-order valence-electron chi connectivity index (χ3n) is 2.81. The second-order valence-electron chi connectivity index (χ2n) is 4.42. The quantitative estimate of drug-likeness (QED) is 0.923. The largest absolute Gasteiger partial charge is 0.478 e. The van der Waals surface area contributed by atoms with E-state index in [-0.39, 0.29) is 10.6 Å². The monoisotopic (exact) mass is 318 g/mol. The number of benzene rings is 1. The Balaban J connectivity index is 2.46. The van der Waals surface area contributed by atoms with Gasteiger partial charge in [0.2, 0.25) is 0 Å². The zero-order valence-electron chi connectivity index (χ0n) is 11.3. The van der Waals surface area contributed by atoms with Crippen LogP contribution in [0.3, 0.4) is 0 Å². The summed E-state index contributed by atoms with van der Waals surface area (Å²) in [6.45, 7) is 3.70. The topological polar surface area (TPSA) is 74.0 Å². The number of halogens is 1. The summed E-state index contributed by atoms with van der Waals surface area (Å²) >= 11 is 7.10. The maximum atomic E-state index is 11.1. The molecule has 0 bridgehead atoms. The van der Waals surface area contributed by atoms with Gasteiger partial charge in [-0.1, -0.05) is 23.4 Å². The fourth-order valence-corrected chi connectivity index (χ4v) is 3.09. The number of aromatic nitrogens is 1. The number of hydrogen-bond acceptors (Lipinski definition) is 4. The highest BCUT2D eigenvalue weighted by Gasteiger charge is 2.13. The molecule has 1 aromatic heterocycles. The highest BCUT2D eigenvalue weighted by Crippen LogP contribution is 2.32. The minimum atomic E-state index is -1.09. The van der Waals surface area contributed by atoms with Gasteiger partial charge in [-0.25, -0.2) is 9.78 Å². The van der Waals surface area contributed by atoms with Gasteiger partial charge in [-0.2, -0.15) is 5.26 Å². The van der Waals surface area contributed by atoms with Gasteiger partial charge in [0, 0.05) is 10.6 Å².